The lowest BCUT2D eigenvalue weighted by Gasteiger charge is -2.36. The van der Waals surface area contributed by atoms with Gasteiger partial charge in [0, 0.05) is 37.4 Å². The van der Waals surface area contributed by atoms with Gasteiger partial charge >= 0.3 is 0 Å². The van der Waals surface area contributed by atoms with E-state index < -0.39 is 6.04 Å². The molecule has 1 fully saturated rings. The molecule has 1 saturated heterocycles. The summed E-state index contributed by atoms with van der Waals surface area (Å²) in [6.45, 7) is 5.92. The number of anilines is 2. The molecule has 1 aromatic heterocycles. The Kier molecular flexibility index (Phi) is 7.69. The number of carbonyl (C=O) groups is 2. The van der Waals surface area contributed by atoms with Crippen LogP contribution in [0.2, 0.25) is 5.02 Å². The van der Waals surface area contributed by atoms with E-state index in [1.807, 2.05) is 49.4 Å². The highest BCUT2D eigenvalue weighted by Gasteiger charge is 2.33. The van der Waals surface area contributed by atoms with Crippen LogP contribution in [-0.2, 0) is 9.59 Å². The standard InChI is InChI=1S/C23H29ClN4O2/c1-3-13-28(17(2)22(29)26-20-7-5-4-6-8-20)23(30)18-11-14-27(15-12-18)21-10-9-19(24)16-25-21/h4-10,16-18H,3,11-15H2,1-2H3,(H,26,29). The predicted octanol–water partition coefficient (Wildman–Crippen LogP) is 4.22. The Morgan fingerprint density at radius 2 is 1.90 bits per heavy atom. The molecule has 1 unspecified atom stereocenters. The number of aromatic nitrogens is 1. The van der Waals surface area contributed by atoms with Gasteiger partial charge in [0.2, 0.25) is 11.8 Å². The fourth-order valence-electron chi connectivity index (χ4n) is 3.79. The highest BCUT2D eigenvalue weighted by molar-refractivity contribution is 6.30. The highest BCUT2D eigenvalue weighted by Crippen LogP contribution is 2.25. The number of nitrogens with zero attached hydrogens (tertiary/aromatic N) is 3. The van der Waals surface area contributed by atoms with Crippen molar-refractivity contribution in [2.24, 2.45) is 5.92 Å². The Balaban J connectivity index is 1.60. The quantitative estimate of drug-likeness (QED) is 0.717. The van der Waals surface area contributed by atoms with Crippen molar-refractivity contribution in [1.82, 2.24) is 9.88 Å². The molecular formula is C23H29ClN4O2. The van der Waals surface area contributed by atoms with Gasteiger partial charge in [0.25, 0.3) is 0 Å². The largest absolute Gasteiger partial charge is 0.357 e. The molecule has 160 valence electrons. The highest BCUT2D eigenvalue weighted by atomic mass is 35.5. The number of hydrogen-bond donors (Lipinski definition) is 1. The second kappa shape index (κ2) is 10.4. The van der Waals surface area contributed by atoms with Crippen molar-refractivity contribution in [2.75, 3.05) is 29.9 Å². The third kappa shape index (κ3) is 5.51. The van der Waals surface area contributed by atoms with E-state index in [4.69, 9.17) is 11.6 Å². The van der Waals surface area contributed by atoms with Crippen molar-refractivity contribution < 1.29 is 9.59 Å². The van der Waals surface area contributed by atoms with Crippen LogP contribution in [0.3, 0.4) is 0 Å². The van der Waals surface area contributed by atoms with Crippen molar-refractivity contribution in [3.05, 3.63) is 53.7 Å². The maximum atomic E-state index is 13.3. The monoisotopic (exact) mass is 428 g/mol. The third-order valence-electron chi connectivity index (χ3n) is 5.52. The van der Waals surface area contributed by atoms with E-state index in [1.54, 1.807) is 18.0 Å². The van der Waals surface area contributed by atoms with Gasteiger partial charge in [0.1, 0.15) is 11.9 Å². The second-order valence-electron chi connectivity index (χ2n) is 7.66. The number of halogens is 1. The third-order valence-corrected chi connectivity index (χ3v) is 5.74. The molecule has 1 aliphatic rings. The SMILES string of the molecule is CCCN(C(=O)C1CCN(c2ccc(Cl)cn2)CC1)C(C)C(=O)Nc1ccccc1. The number of pyridine rings is 1. The zero-order chi connectivity index (χ0) is 21.5. The molecule has 3 rings (SSSR count). The number of benzene rings is 1. The van der Waals surface area contributed by atoms with Gasteiger partial charge in [-0.05, 0) is 50.5 Å². The van der Waals surface area contributed by atoms with E-state index in [1.165, 1.54) is 0 Å². The summed E-state index contributed by atoms with van der Waals surface area (Å²) in [6, 6.07) is 12.6. The van der Waals surface area contributed by atoms with Gasteiger partial charge in [0.05, 0.1) is 5.02 Å². The zero-order valence-electron chi connectivity index (χ0n) is 17.6. The van der Waals surface area contributed by atoms with E-state index in [2.05, 4.69) is 15.2 Å². The fourth-order valence-corrected chi connectivity index (χ4v) is 3.90. The molecule has 0 bridgehead atoms. The first kappa shape index (κ1) is 22.1. The number of piperidine rings is 1. The Labute approximate surface area is 183 Å². The average Bonchev–Trinajstić information content (AvgIpc) is 2.78. The van der Waals surface area contributed by atoms with Gasteiger partial charge in [-0.15, -0.1) is 0 Å². The van der Waals surface area contributed by atoms with Crippen LogP contribution >= 0.6 is 11.6 Å². The van der Waals surface area contributed by atoms with Crippen LogP contribution in [0.25, 0.3) is 0 Å². The van der Waals surface area contributed by atoms with Crippen LogP contribution in [0.1, 0.15) is 33.1 Å². The number of amides is 2. The summed E-state index contributed by atoms with van der Waals surface area (Å²) >= 11 is 5.92. The Hall–Kier alpha value is -2.60. The van der Waals surface area contributed by atoms with Gasteiger partial charge in [-0.25, -0.2) is 4.98 Å². The van der Waals surface area contributed by atoms with E-state index in [0.29, 0.717) is 11.6 Å². The first-order chi connectivity index (χ1) is 14.5. The molecule has 2 aromatic rings. The lowest BCUT2D eigenvalue weighted by atomic mass is 9.94. The molecule has 1 aliphatic heterocycles. The van der Waals surface area contributed by atoms with E-state index in [0.717, 1.165) is 43.9 Å². The van der Waals surface area contributed by atoms with E-state index in [9.17, 15) is 9.59 Å². The van der Waals surface area contributed by atoms with Crippen molar-refractivity contribution in [2.45, 2.75) is 39.2 Å². The molecule has 0 radical (unpaired) electrons. The summed E-state index contributed by atoms with van der Waals surface area (Å²) in [6.07, 6.45) is 3.94. The lowest BCUT2D eigenvalue weighted by molar-refractivity contribution is -0.142. The summed E-state index contributed by atoms with van der Waals surface area (Å²) in [4.78, 5) is 34.3. The summed E-state index contributed by atoms with van der Waals surface area (Å²) < 4.78 is 0. The predicted molar refractivity (Wildman–Crippen MR) is 121 cm³/mol. The number of hydrogen-bond acceptors (Lipinski definition) is 4. The fraction of sp³-hybridized carbons (Fsp3) is 0.435. The number of rotatable bonds is 7. The molecule has 6 nitrogen and oxygen atoms in total. The molecule has 2 amide bonds. The summed E-state index contributed by atoms with van der Waals surface area (Å²) in [5.74, 6) is 0.709. The smallest absolute Gasteiger partial charge is 0.246 e. The Morgan fingerprint density at radius 3 is 2.50 bits per heavy atom. The van der Waals surface area contributed by atoms with Crippen LogP contribution in [0.4, 0.5) is 11.5 Å². The first-order valence-corrected chi connectivity index (χ1v) is 10.9. The van der Waals surface area contributed by atoms with Crippen molar-refractivity contribution in [3.63, 3.8) is 0 Å². The Morgan fingerprint density at radius 1 is 1.20 bits per heavy atom. The molecule has 0 spiro atoms. The number of nitrogens with one attached hydrogen (secondary N) is 1. The average molecular weight is 429 g/mol. The molecule has 0 aliphatic carbocycles. The van der Waals surface area contributed by atoms with Gasteiger partial charge in [-0.3, -0.25) is 9.59 Å². The molecule has 0 saturated carbocycles. The Bertz CT molecular complexity index is 836. The number of carbonyl (C=O) groups excluding carboxylic acids is 2. The number of para-hydroxylation sites is 1. The minimum Gasteiger partial charge on any atom is -0.357 e. The molecule has 7 heteroatoms. The molecule has 1 aromatic carbocycles. The van der Waals surface area contributed by atoms with E-state index in [-0.39, 0.29) is 17.7 Å². The first-order valence-electron chi connectivity index (χ1n) is 10.5. The van der Waals surface area contributed by atoms with Crippen LogP contribution in [0.5, 0.6) is 0 Å². The van der Waals surface area contributed by atoms with Gasteiger partial charge in [-0.1, -0.05) is 36.7 Å². The summed E-state index contributed by atoms with van der Waals surface area (Å²) in [5, 5.41) is 3.52. The molecule has 1 N–H and O–H groups in total. The van der Waals surface area contributed by atoms with E-state index >= 15 is 0 Å². The van der Waals surface area contributed by atoms with Crippen LogP contribution in [-0.4, -0.2) is 47.4 Å². The summed E-state index contributed by atoms with van der Waals surface area (Å²) in [5.41, 5.74) is 0.738. The van der Waals surface area contributed by atoms with Crippen molar-refractivity contribution >= 4 is 34.9 Å². The van der Waals surface area contributed by atoms with Gasteiger partial charge < -0.3 is 15.1 Å². The second-order valence-corrected chi connectivity index (χ2v) is 8.10. The van der Waals surface area contributed by atoms with Crippen LogP contribution in [0.15, 0.2) is 48.7 Å². The maximum absolute atomic E-state index is 13.3. The lowest BCUT2D eigenvalue weighted by Crippen LogP contribution is -2.50. The molecular weight excluding hydrogens is 400 g/mol. The minimum absolute atomic E-state index is 0.0660. The zero-order valence-corrected chi connectivity index (χ0v) is 18.3. The van der Waals surface area contributed by atoms with Crippen LogP contribution < -0.4 is 10.2 Å². The van der Waals surface area contributed by atoms with Gasteiger partial charge in [0.15, 0.2) is 0 Å². The molecule has 30 heavy (non-hydrogen) atoms. The van der Waals surface area contributed by atoms with Gasteiger partial charge in [-0.2, -0.15) is 0 Å². The molecule has 2 heterocycles. The molecule has 1 atom stereocenters. The van der Waals surface area contributed by atoms with Crippen molar-refractivity contribution in [1.29, 1.82) is 0 Å². The topological polar surface area (TPSA) is 65.5 Å². The normalized spacial score (nSPS) is 15.5. The van der Waals surface area contributed by atoms with Crippen LogP contribution in [0, 0.1) is 5.92 Å². The maximum Gasteiger partial charge on any atom is 0.246 e. The minimum atomic E-state index is -0.520. The summed E-state index contributed by atoms with van der Waals surface area (Å²) in [7, 11) is 0. The van der Waals surface area contributed by atoms with Crippen molar-refractivity contribution in [3.8, 4) is 0 Å².